The molecule has 0 aliphatic heterocycles. The van der Waals surface area contributed by atoms with Crippen molar-refractivity contribution in [1.82, 2.24) is 0 Å². The summed E-state index contributed by atoms with van der Waals surface area (Å²) in [5.41, 5.74) is 10.4. The van der Waals surface area contributed by atoms with Gasteiger partial charge in [-0.15, -0.1) is 0 Å². The minimum atomic E-state index is 0.280. The monoisotopic (exact) mass is 274 g/mol. The maximum atomic E-state index is 6.20. The second-order valence-corrected chi connectivity index (χ2v) is 6.28. The molecule has 1 atom stereocenters. The van der Waals surface area contributed by atoms with Gasteiger partial charge in [0.1, 0.15) is 0 Å². The number of nitrogens with two attached hydrogens (primary N) is 1. The first kappa shape index (κ1) is 15.4. The normalized spacial score (nSPS) is 16.2. The Morgan fingerprint density at radius 3 is 2.65 bits per heavy atom. The molecule has 1 fully saturated rings. The van der Waals surface area contributed by atoms with Gasteiger partial charge in [-0.1, -0.05) is 38.0 Å². The summed E-state index contributed by atoms with van der Waals surface area (Å²) in [4.78, 5) is 2.64. The number of rotatable bonds is 8. The Kier molecular flexibility index (Phi) is 5.47. The molecular weight excluding hydrogens is 244 g/mol. The number of aryl methyl sites for hydroxylation is 1. The molecule has 0 radical (unpaired) electrons. The topological polar surface area (TPSA) is 29.3 Å². The van der Waals surface area contributed by atoms with Crippen LogP contribution in [0.4, 0.5) is 5.69 Å². The van der Waals surface area contributed by atoms with E-state index in [-0.39, 0.29) is 6.04 Å². The van der Waals surface area contributed by atoms with E-state index >= 15 is 0 Å². The second-order valence-electron chi connectivity index (χ2n) is 6.28. The molecule has 2 nitrogen and oxygen atoms in total. The van der Waals surface area contributed by atoms with Crippen LogP contribution in [0.25, 0.3) is 0 Å². The van der Waals surface area contributed by atoms with Crippen LogP contribution in [0, 0.1) is 6.92 Å². The first-order chi connectivity index (χ1) is 9.65. The van der Waals surface area contributed by atoms with Gasteiger partial charge in [-0.25, -0.2) is 0 Å². The zero-order valence-electron chi connectivity index (χ0n) is 13.4. The highest BCUT2D eigenvalue weighted by molar-refractivity contribution is 5.57. The number of anilines is 1. The van der Waals surface area contributed by atoms with Crippen molar-refractivity contribution >= 4 is 5.69 Å². The minimum Gasteiger partial charge on any atom is -0.368 e. The number of hydrogen-bond acceptors (Lipinski definition) is 2. The van der Waals surface area contributed by atoms with E-state index in [0.29, 0.717) is 0 Å². The van der Waals surface area contributed by atoms with Crippen LogP contribution in [0.1, 0.15) is 57.1 Å². The van der Waals surface area contributed by atoms with E-state index in [1.807, 2.05) is 0 Å². The number of unbranched alkanes of at least 4 members (excludes halogenated alkanes) is 1. The molecule has 1 saturated carbocycles. The van der Waals surface area contributed by atoms with E-state index in [9.17, 15) is 0 Å². The van der Waals surface area contributed by atoms with Crippen molar-refractivity contribution in [2.24, 2.45) is 5.73 Å². The quantitative estimate of drug-likeness (QED) is 0.775. The SMILES string of the molecule is CCCCN(c1ccc(C)cc1CC(N)CC)C1CC1. The molecule has 0 heterocycles. The molecule has 1 aliphatic carbocycles. The Bertz CT molecular complexity index is 423. The molecule has 0 amide bonds. The lowest BCUT2D eigenvalue weighted by atomic mass is 9.99. The highest BCUT2D eigenvalue weighted by Crippen LogP contribution is 2.34. The van der Waals surface area contributed by atoms with Gasteiger partial charge in [0.25, 0.3) is 0 Å². The highest BCUT2D eigenvalue weighted by Gasteiger charge is 2.30. The van der Waals surface area contributed by atoms with Crippen molar-refractivity contribution < 1.29 is 0 Å². The first-order valence-electron chi connectivity index (χ1n) is 8.27. The molecule has 0 spiro atoms. The lowest BCUT2D eigenvalue weighted by Crippen LogP contribution is -2.29. The third-order valence-corrected chi connectivity index (χ3v) is 4.29. The predicted octanol–water partition coefficient (Wildman–Crippen LogP) is 4.04. The Morgan fingerprint density at radius 1 is 1.30 bits per heavy atom. The van der Waals surface area contributed by atoms with Crippen LogP contribution in [0.15, 0.2) is 18.2 Å². The molecule has 20 heavy (non-hydrogen) atoms. The van der Waals surface area contributed by atoms with Gasteiger partial charge in [-0.3, -0.25) is 0 Å². The second kappa shape index (κ2) is 7.12. The van der Waals surface area contributed by atoms with E-state index in [1.54, 1.807) is 0 Å². The number of benzene rings is 1. The molecule has 0 aromatic heterocycles. The summed E-state index contributed by atoms with van der Waals surface area (Å²) in [5.74, 6) is 0. The molecule has 1 aromatic carbocycles. The van der Waals surface area contributed by atoms with Gasteiger partial charge >= 0.3 is 0 Å². The van der Waals surface area contributed by atoms with E-state index in [4.69, 9.17) is 5.73 Å². The van der Waals surface area contributed by atoms with Crippen molar-refractivity contribution in [3.8, 4) is 0 Å². The summed E-state index contributed by atoms with van der Waals surface area (Å²) in [6.07, 6.45) is 7.31. The number of nitrogens with zero attached hydrogens (tertiary/aromatic N) is 1. The van der Waals surface area contributed by atoms with E-state index in [1.165, 1.54) is 49.0 Å². The summed E-state index contributed by atoms with van der Waals surface area (Å²) in [6.45, 7) is 7.82. The molecule has 0 saturated heterocycles. The Hall–Kier alpha value is -1.02. The van der Waals surface area contributed by atoms with Crippen LogP contribution in [0.3, 0.4) is 0 Å². The maximum absolute atomic E-state index is 6.20. The average Bonchev–Trinajstić information content (AvgIpc) is 3.25. The van der Waals surface area contributed by atoms with Crippen molar-refractivity contribution in [1.29, 1.82) is 0 Å². The fourth-order valence-corrected chi connectivity index (χ4v) is 2.80. The molecule has 2 heteroatoms. The highest BCUT2D eigenvalue weighted by atomic mass is 15.2. The first-order valence-corrected chi connectivity index (χ1v) is 8.27. The van der Waals surface area contributed by atoms with Gasteiger partial charge < -0.3 is 10.6 Å². The molecule has 1 aliphatic rings. The van der Waals surface area contributed by atoms with Crippen molar-refractivity contribution in [3.05, 3.63) is 29.3 Å². The van der Waals surface area contributed by atoms with Crippen LogP contribution in [-0.2, 0) is 6.42 Å². The van der Waals surface area contributed by atoms with Gasteiger partial charge in [0.05, 0.1) is 0 Å². The fraction of sp³-hybridized carbons (Fsp3) is 0.667. The Balaban J connectivity index is 2.22. The maximum Gasteiger partial charge on any atom is 0.0402 e. The summed E-state index contributed by atoms with van der Waals surface area (Å²) in [6, 6.07) is 7.97. The molecule has 2 N–H and O–H groups in total. The summed E-state index contributed by atoms with van der Waals surface area (Å²) < 4.78 is 0. The number of hydrogen-bond donors (Lipinski definition) is 1. The van der Waals surface area contributed by atoms with Crippen molar-refractivity contribution in [3.63, 3.8) is 0 Å². The Morgan fingerprint density at radius 2 is 2.05 bits per heavy atom. The van der Waals surface area contributed by atoms with Gasteiger partial charge in [0.15, 0.2) is 0 Å². The molecule has 0 bridgehead atoms. The van der Waals surface area contributed by atoms with Crippen LogP contribution in [0.2, 0.25) is 0 Å². The van der Waals surface area contributed by atoms with Crippen LogP contribution >= 0.6 is 0 Å². The van der Waals surface area contributed by atoms with Gasteiger partial charge in [0.2, 0.25) is 0 Å². The molecule has 1 aromatic rings. The standard InChI is InChI=1S/C18H30N2/c1-4-6-11-20(17-8-9-17)18-10-7-14(3)12-15(18)13-16(19)5-2/h7,10,12,16-17H,4-6,8-9,11,13,19H2,1-3H3. The zero-order valence-corrected chi connectivity index (χ0v) is 13.4. The van der Waals surface area contributed by atoms with Gasteiger partial charge in [-0.2, -0.15) is 0 Å². The minimum absolute atomic E-state index is 0.280. The van der Waals surface area contributed by atoms with E-state index in [2.05, 4.69) is 43.9 Å². The third kappa shape index (κ3) is 3.99. The summed E-state index contributed by atoms with van der Waals surface area (Å²) >= 11 is 0. The smallest absolute Gasteiger partial charge is 0.0402 e. The molecular formula is C18H30N2. The largest absolute Gasteiger partial charge is 0.368 e. The average molecular weight is 274 g/mol. The summed E-state index contributed by atoms with van der Waals surface area (Å²) in [5, 5.41) is 0. The van der Waals surface area contributed by atoms with Crippen LogP contribution in [-0.4, -0.2) is 18.6 Å². The lowest BCUT2D eigenvalue weighted by molar-refractivity contribution is 0.640. The van der Waals surface area contributed by atoms with Crippen LogP contribution < -0.4 is 10.6 Å². The summed E-state index contributed by atoms with van der Waals surface area (Å²) in [7, 11) is 0. The van der Waals surface area contributed by atoms with Crippen molar-refractivity contribution in [2.45, 2.75) is 71.4 Å². The van der Waals surface area contributed by atoms with E-state index in [0.717, 1.165) is 18.9 Å². The van der Waals surface area contributed by atoms with Crippen molar-refractivity contribution in [2.75, 3.05) is 11.4 Å². The van der Waals surface area contributed by atoms with Gasteiger partial charge in [0, 0.05) is 24.3 Å². The predicted molar refractivity (Wildman–Crippen MR) is 88.4 cm³/mol. The fourth-order valence-electron chi connectivity index (χ4n) is 2.80. The Labute approximate surface area is 124 Å². The van der Waals surface area contributed by atoms with Crippen LogP contribution in [0.5, 0.6) is 0 Å². The van der Waals surface area contributed by atoms with E-state index < -0.39 is 0 Å². The molecule has 1 unspecified atom stereocenters. The third-order valence-electron chi connectivity index (χ3n) is 4.29. The van der Waals surface area contributed by atoms with Gasteiger partial charge in [-0.05, 0) is 50.7 Å². The molecule has 112 valence electrons. The zero-order chi connectivity index (χ0) is 14.5. The molecule has 2 rings (SSSR count). The lowest BCUT2D eigenvalue weighted by Gasteiger charge is -2.28.